The maximum Gasteiger partial charge on any atom is 0.212 e. The van der Waals surface area contributed by atoms with Crippen molar-refractivity contribution in [2.45, 2.75) is 13.0 Å². The molecular weight excluding hydrogens is 216 g/mol. The summed E-state index contributed by atoms with van der Waals surface area (Å²) in [4.78, 5) is 0. The van der Waals surface area contributed by atoms with E-state index in [1.807, 2.05) is 13.0 Å². The highest BCUT2D eigenvalue weighted by Crippen LogP contribution is 2.11. The molecule has 0 saturated carbocycles. The van der Waals surface area contributed by atoms with Crippen LogP contribution in [0.2, 0.25) is 0 Å². The Labute approximate surface area is 89.9 Å². The zero-order valence-corrected chi connectivity index (χ0v) is 9.67. The minimum atomic E-state index is -3.12. The number of nitrogens with one attached hydrogen (secondary N) is 2. The Morgan fingerprint density at radius 3 is 2.80 bits per heavy atom. The first kappa shape index (κ1) is 12.2. The monoisotopic (exact) mass is 232 g/mol. The van der Waals surface area contributed by atoms with E-state index in [1.54, 1.807) is 12.5 Å². The molecule has 15 heavy (non-hydrogen) atoms. The molecule has 0 saturated heterocycles. The van der Waals surface area contributed by atoms with Gasteiger partial charge in [0.15, 0.2) is 0 Å². The molecule has 0 radical (unpaired) electrons. The fraction of sp³-hybridized carbons (Fsp3) is 0.556. The highest BCUT2D eigenvalue weighted by molar-refractivity contribution is 7.89. The molecule has 1 heterocycles. The predicted molar refractivity (Wildman–Crippen MR) is 58.0 cm³/mol. The lowest BCUT2D eigenvalue weighted by Gasteiger charge is -2.11. The summed E-state index contributed by atoms with van der Waals surface area (Å²) in [7, 11) is -1.71. The fourth-order valence-electron chi connectivity index (χ4n) is 1.15. The third kappa shape index (κ3) is 4.03. The number of hydrogen-bond donors (Lipinski definition) is 2. The molecule has 0 fully saturated rings. The van der Waals surface area contributed by atoms with Gasteiger partial charge in [-0.15, -0.1) is 0 Å². The Morgan fingerprint density at radius 1 is 1.53 bits per heavy atom. The van der Waals surface area contributed by atoms with Gasteiger partial charge in [-0.25, -0.2) is 13.1 Å². The molecule has 1 aromatic rings. The number of hydrogen-bond acceptors (Lipinski definition) is 4. The summed E-state index contributed by atoms with van der Waals surface area (Å²) in [5, 5.41) is 3.10. The number of furan rings is 1. The first-order chi connectivity index (χ1) is 7.05. The second-order valence-electron chi connectivity index (χ2n) is 3.26. The summed E-state index contributed by atoms with van der Waals surface area (Å²) in [6.45, 7) is 2.37. The average molecular weight is 232 g/mol. The summed E-state index contributed by atoms with van der Waals surface area (Å²) in [6, 6.07) is 1.94. The van der Waals surface area contributed by atoms with Gasteiger partial charge in [0, 0.05) is 18.2 Å². The summed E-state index contributed by atoms with van der Waals surface area (Å²) in [5.41, 5.74) is 1.01. The van der Waals surface area contributed by atoms with Gasteiger partial charge in [0.2, 0.25) is 10.0 Å². The van der Waals surface area contributed by atoms with E-state index in [9.17, 15) is 8.42 Å². The third-order valence-electron chi connectivity index (χ3n) is 2.18. The van der Waals surface area contributed by atoms with Crippen molar-refractivity contribution in [3.8, 4) is 0 Å². The van der Waals surface area contributed by atoms with Crippen molar-refractivity contribution in [3.63, 3.8) is 0 Å². The molecule has 0 spiro atoms. The maximum absolute atomic E-state index is 11.1. The average Bonchev–Trinajstić information content (AvgIpc) is 2.70. The number of rotatable bonds is 6. The van der Waals surface area contributed by atoms with Crippen LogP contribution in [-0.4, -0.2) is 27.8 Å². The van der Waals surface area contributed by atoms with Gasteiger partial charge in [-0.1, -0.05) is 0 Å². The smallest absolute Gasteiger partial charge is 0.212 e. The van der Waals surface area contributed by atoms with Gasteiger partial charge in [-0.3, -0.25) is 0 Å². The summed E-state index contributed by atoms with van der Waals surface area (Å²) >= 11 is 0. The summed E-state index contributed by atoms with van der Waals surface area (Å²) in [6.07, 6.45) is 3.24. The Balaban J connectivity index is 2.33. The van der Waals surface area contributed by atoms with Crippen molar-refractivity contribution < 1.29 is 12.8 Å². The van der Waals surface area contributed by atoms with Crippen LogP contribution in [0.5, 0.6) is 0 Å². The van der Waals surface area contributed by atoms with E-state index in [2.05, 4.69) is 10.0 Å². The minimum absolute atomic E-state index is 0.0751. The van der Waals surface area contributed by atoms with Crippen LogP contribution in [0.15, 0.2) is 23.0 Å². The summed E-state index contributed by atoms with van der Waals surface area (Å²) in [5.74, 6) is 0.0751. The molecular formula is C9H16N2O3S. The molecule has 1 atom stereocenters. The van der Waals surface area contributed by atoms with Crippen LogP contribution < -0.4 is 10.0 Å². The third-order valence-corrected chi connectivity index (χ3v) is 3.54. The van der Waals surface area contributed by atoms with E-state index in [0.29, 0.717) is 6.54 Å². The van der Waals surface area contributed by atoms with Crippen LogP contribution in [0.4, 0.5) is 0 Å². The van der Waals surface area contributed by atoms with Gasteiger partial charge in [0.25, 0.3) is 0 Å². The van der Waals surface area contributed by atoms with Crippen molar-refractivity contribution in [3.05, 3.63) is 24.2 Å². The largest absolute Gasteiger partial charge is 0.472 e. The van der Waals surface area contributed by atoms with Gasteiger partial charge in [0.05, 0.1) is 18.3 Å². The molecule has 1 aromatic heterocycles. The molecule has 0 aliphatic rings. The van der Waals surface area contributed by atoms with Crippen molar-refractivity contribution in [1.82, 2.24) is 10.0 Å². The minimum Gasteiger partial charge on any atom is -0.472 e. The molecule has 5 nitrogen and oxygen atoms in total. The van der Waals surface area contributed by atoms with Crippen LogP contribution in [0.1, 0.15) is 18.5 Å². The lowest BCUT2D eigenvalue weighted by molar-refractivity contribution is 0.542. The standard InChI is InChI=1S/C9H16N2O3S/c1-8(9-3-5-14-7-9)11-4-6-15(12,13)10-2/h3,5,7-8,10-11H,4,6H2,1-2H3. The molecule has 0 aliphatic heterocycles. The van der Waals surface area contributed by atoms with Gasteiger partial charge >= 0.3 is 0 Å². The molecule has 2 N–H and O–H groups in total. The molecule has 0 aromatic carbocycles. The number of sulfonamides is 1. The fourth-order valence-corrected chi connectivity index (χ4v) is 1.74. The van der Waals surface area contributed by atoms with Crippen molar-refractivity contribution in [2.24, 2.45) is 0 Å². The van der Waals surface area contributed by atoms with Gasteiger partial charge in [0.1, 0.15) is 0 Å². The van der Waals surface area contributed by atoms with Gasteiger partial charge < -0.3 is 9.73 Å². The Kier molecular flexibility index (Phi) is 4.31. The zero-order valence-electron chi connectivity index (χ0n) is 8.86. The zero-order chi connectivity index (χ0) is 11.3. The van der Waals surface area contributed by atoms with Gasteiger partial charge in [-0.2, -0.15) is 0 Å². The highest BCUT2D eigenvalue weighted by atomic mass is 32.2. The second-order valence-corrected chi connectivity index (χ2v) is 5.30. The van der Waals surface area contributed by atoms with Crippen LogP contribution in [-0.2, 0) is 10.0 Å². The van der Waals surface area contributed by atoms with Gasteiger partial charge in [-0.05, 0) is 20.0 Å². The van der Waals surface area contributed by atoms with Crippen LogP contribution in [0.3, 0.4) is 0 Å². The topological polar surface area (TPSA) is 71.3 Å². The lowest BCUT2D eigenvalue weighted by atomic mass is 10.2. The SMILES string of the molecule is CNS(=O)(=O)CCNC(C)c1ccoc1. The molecule has 86 valence electrons. The first-order valence-corrected chi connectivity index (χ1v) is 6.37. The molecule has 1 unspecified atom stereocenters. The van der Waals surface area contributed by atoms with Crippen LogP contribution >= 0.6 is 0 Å². The Bertz CT molecular complexity index is 372. The highest BCUT2D eigenvalue weighted by Gasteiger charge is 2.09. The quantitative estimate of drug-likeness (QED) is 0.748. The van der Waals surface area contributed by atoms with Crippen LogP contribution in [0, 0.1) is 0 Å². The predicted octanol–water partition coefficient (Wildman–Crippen LogP) is 0.479. The van der Waals surface area contributed by atoms with E-state index in [0.717, 1.165) is 5.56 Å². The summed E-state index contributed by atoms with van der Waals surface area (Å²) < 4.78 is 29.4. The van der Waals surface area contributed by atoms with E-state index in [4.69, 9.17) is 4.42 Å². The lowest BCUT2D eigenvalue weighted by Crippen LogP contribution is -2.30. The molecule has 0 bridgehead atoms. The van der Waals surface area contributed by atoms with E-state index in [-0.39, 0.29) is 11.8 Å². The van der Waals surface area contributed by atoms with Crippen molar-refractivity contribution in [1.29, 1.82) is 0 Å². The van der Waals surface area contributed by atoms with E-state index < -0.39 is 10.0 Å². The van der Waals surface area contributed by atoms with E-state index in [1.165, 1.54) is 7.05 Å². The Morgan fingerprint density at radius 2 is 2.27 bits per heavy atom. The molecule has 1 rings (SSSR count). The normalized spacial score (nSPS) is 14.0. The molecule has 6 heteroatoms. The van der Waals surface area contributed by atoms with E-state index >= 15 is 0 Å². The Hall–Kier alpha value is -0.850. The molecule has 0 amide bonds. The van der Waals surface area contributed by atoms with Crippen LogP contribution in [0.25, 0.3) is 0 Å². The van der Waals surface area contributed by atoms with Crippen molar-refractivity contribution in [2.75, 3.05) is 19.3 Å². The first-order valence-electron chi connectivity index (χ1n) is 4.72. The maximum atomic E-state index is 11.1. The molecule has 0 aliphatic carbocycles. The second kappa shape index (κ2) is 5.29. The van der Waals surface area contributed by atoms with Crippen molar-refractivity contribution >= 4 is 10.0 Å².